The van der Waals surface area contributed by atoms with Gasteiger partial charge in [-0.2, -0.15) is 0 Å². The average Bonchev–Trinajstić information content (AvgIpc) is 2.13. The van der Waals surface area contributed by atoms with Crippen LogP contribution in [0.5, 0.6) is 5.75 Å². The van der Waals surface area contributed by atoms with Crippen molar-refractivity contribution in [2.75, 3.05) is 0 Å². The summed E-state index contributed by atoms with van der Waals surface area (Å²) in [4.78, 5) is 11.1. The third kappa shape index (κ3) is 1.40. The summed E-state index contributed by atoms with van der Waals surface area (Å²) in [5, 5.41) is 10.3. The van der Waals surface area contributed by atoms with E-state index in [2.05, 4.69) is 0 Å². The van der Waals surface area contributed by atoms with E-state index in [0.29, 0.717) is 11.0 Å². The SMILES string of the molecule is Cc1cc2oc(=O)cc(O)c2c(C)c1C. The standard InChI is InChI=1S/C12H12O3/c1-6-4-10-12(8(3)7(6)2)9(13)5-11(14)15-10/h4-5,13H,1-3H3. The van der Waals surface area contributed by atoms with Gasteiger partial charge in [0, 0.05) is 0 Å². The van der Waals surface area contributed by atoms with Crippen LogP contribution < -0.4 is 5.63 Å². The van der Waals surface area contributed by atoms with Crippen molar-refractivity contribution in [3.63, 3.8) is 0 Å². The summed E-state index contributed by atoms with van der Waals surface area (Å²) in [5.74, 6) is -0.0122. The summed E-state index contributed by atoms with van der Waals surface area (Å²) in [7, 11) is 0. The van der Waals surface area contributed by atoms with Crippen LogP contribution in [0.1, 0.15) is 16.7 Å². The zero-order valence-corrected chi connectivity index (χ0v) is 8.92. The van der Waals surface area contributed by atoms with E-state index >= 15 is 0 Å². The zero-order valence-electron chi connectivity index (χ0n) is 8.92. The highest BCUT2D eigenvalue weighted by molar-refractivity contribution is 5.87. The molecule has 0 bridgehead atoms. The number of fused-ring (bicyclic) bond motifs is 1. The van der Waals surface area contributed by atoms with Crippen molar-refractivity contribution >= 4 is 11.0 Å². The molecule has 0 aliphatic rings. The van der Waals surface area contributed by atoms with Crippen LogP contribution in [0.4, 0.5) is 0 Å². The van der Waals surface area contributed by atoms with Crippen LogP contribution >= 0.6 is 0 Å². The van der Waals surface area contributed by atoms with Gasteiger partial charge < -0.3 is 9.52 Å². The fourth-order valence-corrected chi connectivity index (χ4v) is 1.77. The first-order valence-corrected chi connectivity index (χ1v) is 4.74. The van der Waals surface area contributed by atoms with Crippen LogP contribution in [-0.2, 0) is 0 Å². The molecule has 0 unspecified atom stereocenters. The topological polar surface area (TPSA) is 50.4 Å². The van der Waals surface area contributed by atoms with Crippen molar-refractivity contribution in [1.82, 2.24) is 0 Å². The molecular weight excluding hydrogens is 192 g/mol. The molecule has 3 heteroatoms. The van der Waals surface area contributed by atoms with Crippen LogP contribution in [0.2, 0.25) is 0 Å². The lowest BCUT2D eigenvalue weighted by Gasteiger charge is -2.08. The van der Waals surface area contributed by atoms with Crippen LogP contribution in [0.3, 0.4) is 0 Å². The van der Waals surface area contributed by atoms with Crippen LogP contribution in [-0.4, -0.2) is 5.11 Å². The van der Waals surface area contributed by atoms with Gasteiger partial charge in [0.25, 0.3) is 0 Å². The number of hydrogen-bond donors (Lipinski definition) is 1. The molecule has 2 rings (SSSR count). The highest BCUT2D eigenvalue weighted by atomic mass is 16.4. The van der Waals surface area contributed by atoms with E-state index < -0.39 is 5.63 Å². The summed E-state index contributed by atoms with van der Waals surface area (Å²) < 4.78 is 5.04. The molecule has 0 saturated carbocycles. The molecule has 1 heterocycles. The van der Waals surface area contributed by atoms with Gasteiger partial charge in [0.05, 0.1) is 11.5 Å². The molecule has 2 aromatic rings. The monoisotopic (exact) mass is 204 g/mol. The second-order valence-electron chi connectivity index (χ2n) is 3.77. The van der Waals surface area contributed by atoms with Gasteiger partial charge in [0.2, 0.25) is 0 Å². The Labute approximate surface area is 87.0 Å². The lowest BCUT2D eigenvalue weighted by atomic mass is 9.99. The summed E-state index contributed by atoms with van der Waals surface area (Å²) in [5.41, 5.74) is 3.02. The number of rotatable bonds is 0. The quantitative estimate of drug-likeness (QED) is 0.670. The average molecular weight is 204 g/mol. The molecule has 3 nitrogen and oxygen atoms in total. The van der Waals surface area contributed by atoms with Crippen molar-refractivity contribution in [3.8, 4) is 5.75 Å². The highest BCUT2D eigenvalue weighted by Gasteiger charge is 2.10. The predicted molar refractivity (Wildman–Crippen MR) is 58.4 cm³/mol. The molecule has 0 saturated heterocycles. The van der Waals surface area contributed by atoms with Crippen molar-refractivity contribution in [2.45, 2.75) is 20.8 Å². The van der Waals surface area contributed by atoms with Gasteiger partial charge in [0.1, 0.15) is 11.3 Å². The van der Waals surface area contributed by atoms with Crippen molar-refractivity contribution in [3.05, 3.63) is 39.2 Å². The largest absolute Gasteiger partial charge is 0.507 e. The smallest absolute Gasteiger partial charge is 0.339 e. The van der Waals surface area contributed by atoms with Crippen molar-refractivity contribution in [1.29, 1.82) is 0 Å². The minimum Gasteiger partial charge on any atom is -0.507 e. The fourth-order valence-electron chi connectivity index (χ4n) is 1.77. The lowest BCUT2D eigenvalue weighted by molar-refractivity contribution is 0.467. The summed E-state index contributed by atoms with van der Waals surface area (Å²) in [6, 6.07) is 2.88. The Morgan fingerprint density at radius 1 is 1.13 bits per heavy atom. The summed E-state index contributed by atoms with van der Waals surface area (Å²) >= 11 is 0. The normalized spacial score (nSPS) is 10.9. The maximum absolute atomic E-state index is 11.1. The van der Waals surface area contributed by atoms with Gasteiger partial charge in [-0.05, 0) is 43.5 Å². The molecule has 15 heavy (non-hydrogen) atoms. The Morgan fingerprint density at radius 2 is 1.80 bits per heavy atom. The lowest BCUT2D eigenvalue weighted by Crippen LogP contribution is -1.98. The van der Waals surface area contributed by atoms with Crippen LogP contribution in [0.25, 0.3) is 11.0 Å². The molecule has 0 atom stereocenters. The molecule has 0 spiro atoms. The Balaban J connectivity index is 3.05. The second-order valence-corrected chi connectivity index (χ2v) is 3.77. The molecular formula is C12H12O3. The maximum Gasteiger partial charge on any atom is 0.339 e. The fraction of sp³-hybridized carbons (Fsp3) is 0.250. The third-order valence-electron chi connectivity index (χ3n) is 2.84. The van der Waals surface area contributed by atoms with Crippen LogP contribution in [0, 0.1) is 20.8 Å². The first-order valence-electron chi connectivity index (χ1n) is 4.74. The first kappa shape index (κ1) is 9.77. The van der Waals surface area contributed by atoms with Crippen LogP contribution in [0.15, 0.2) is 21.3 Å². The predicted octanol–water partition coefficient (Wildman–Crippen LogP) is 2.42. The van der Waals surface area contributed by atoms with Gasteiger partial charge in [0.15, 0.2) is 0 Å². The highest BCUT2D eigenvalue weighted by Crippen LogP contribution is 2.29. The van der Waals surface area contributed by atoms with Gasteiger partial charge in [-0.1, -0.05) is 0 Å². The number of aromatic hydroxyl groups is 1. The van der Waals surface area contributed by atoms with E-state index in [4.69, 9.17) is 4.42 Å². The molecule has 0 aliphatic heterocycles. The Bertz CT molecular complexity index is 594. The van der Waals surface area contributed by atoms with Crippen molar-refractivity contribution < 1.29 is 9.52 Å². The Kier molecular flexibility index (Phi) is 2.03. The molecule has 1 N–H and O–H groups in total. The summed E-state index contributed by atoms with van der Waals surface area (Å²) in [6.45, 7) is 5.84. The van der Waals surface area contributed by atoms with E-state index in [0.717, 1.165) is 22.8 Å². The molecule has 1 aromatic heterocycles. The van der Waals surface area contributed by atoms with E-state index in [1.165, 1.54) is 0 Å². The van der Waals surface area contributed by atoms with Gasteiger partial charge in [-0.15, -0.1) is 0 Å². The second kappa shape index (κ2) is 3.12. The van der Waals surface area contributed by atoms with E-state index in [9.17, 15) is 9.90 Å². The third-order valence-corrected chi connectivity index (χ3v) is 2.84. The van der Waals surface area contributed by atoms with E-state index in [1.54, 1.807) is 6.07 Å². The van der Waals surface area contributed by atoms with Gasteiger partial charge >= 0.3 is 5.63 Å². The molecule has 0 aliphatic carbocycles. The Hall–Kier alpha value is -1.77. The van der Waals surface area contributed by atoms with Crippen molar-refractivity contribution in [2.24, 2.45) is 0 Å². The zero-order chi connectivity index (χ0) is 11.2. The molecule has 0 fully saturated rings. The van der Waals surface area contributed by atoms with Gasteiger partial charge in [-0.3, -0.25) is 0 Å². The number of benzene rings is 1. The summed E-state index contributed by atoms with van der Waals surface area (Å²) in [6.07, 6.45) is 0. The maximum atomic E-state index is 11.1. The van der Waals surface area contributed by atoms with E-state index in [-0.39, 0.29) is 5.75 Å². The molecule has 0 amide bonds. The number of aryl methyl sites for hydroxylation is 2. The molecule has 1 aromatic carbocycles. The molecule has 0 radical (unpaired) electrons. The minimum absolute atomic E-state index is 0.0122. The van der Waals surface area contributed by atoms with Gasteiger partial charge in [-0.25, -0.2) is 4.79 Å². The molecule has 78 valence electrons. The Morgan fingerprint density at radius 3 is 2.47 bits per heavy atom. The van der Waals surface area contributed by atoms with E-state index in [1.807, 2.05) is 20.8 Å². The number of hydrogen-bond acceptors (Lipinski definition) is 3. The first-order chi connectivity index (χ1) is 7.00. The minimum atomic E-state index is -0.525.